The van der Waals surface area contributed by atoms with Crippen LogP contribution in [0.25, 0.3) is 11.2 Å². The Balaban J connectivity index is 1.26. The molecule has 234 valence electrons. The van der Waals surface area contributed by atoms with Crippen LogP contribution in [0, 0.1) is 0 Å². The van der Waals surface area contributed by atoms with Crippen LogP contribution in [-0.2, 0) is 9.59 Å². The van der Waals surface area contributed by atoms with Crippen LogP contribution in [0.5, 0.6) is 0 Å². The van der Waals surface area contributed by atoms with Crippen molar-refractivity contribution >= 4 is 40.6 Å². The zero-order valence-corrected chi connectivity index (χ0v) is 24.8. The van der Waals surface area contributed by atoms with Gasteiger partial charge in [-0.3, -0.25) is 14.4 Å². The summed E-state index contributed by atoms with van der Waals surface area (Å²) in [6.07, 6.45) is -1.95. The number of rotatable bonds is 7. The van der Waals surface area contributed by atoms with Gasteiger partial charge in [0.2, 0.25) is 17.8 Å². The smallest absolute Gasteiger partial charge is 0.347 e. The van der Waals surface area contributed by atoms with E-state index < -0.39 is 31.0 Å². The van der Waals surface area contributed by atoms with Gasteiger partial charge in [0.1, 0.15) is 6.04 Å². The lowest BCUT2D eigenvalue weighted by Crippen LogP contribution is -2.59. The predicted octanol–water partition coefficient (Wildman–Crippen LogP) is 3.28. The molecule has 0 spiro atoms. The number of alkyl halides is 3. The maximum Gasteiger partial charge on any atom is 0.389 e. The van der Waals surface area contributed by atoms with Crippen LogP contribution in [0.3, 0.4) is 0 Å². The Bertz CT molecular complexity index is 1570. The second kappa shape index (κ2) is 12.6. The zero-order valence-electron chi connectivity index (χ0n) is 24.8. The maximum absolute atomic E-state index is 13.4. The van der Waals surface area contributed by atoms with Gasteiger partial charge in [0.25, 0.3) is 5.91 Å². The number of fused-ring (bicyclic) bond motifs is 1. The highest BCUT2D eigenvalue weighted by molar-refractivity contribution is 5.98. The molecule has 14 heteroatoms. The van der Waals surface area contributed by atoms with E-state index in [1.165, 1.54) is 9.80 Å². The lowest BCUT2D eigenvalue weighted by molar-refractivity contribution is -0.148. The molecule has 2 aromatic heterocycles. The summed E-state index contributed by atoms with van der Waals surface area (Å²) >= 11 is 0. The topological polar surface area (TPSA) is 106 Å². The van der Waals surface area contributed by atoms with E-state index in [2.05, 4.69) is 15.4 Å². The van der Waals surface area contributed by atoms with E-state index in [1.807, 2.05) is 30.2 Å². The Hall–Kier alpha value is -4.46. The number of likely N-dealkylation sites (N-methyl/N-ethyl adjacent to an activating group) is 2. The summed E-state index contributed by atoms with van der Waals surface area (Å²) in [6, 6.07) is 10.1. The largest absolute Gasteiger partial charge is 0.389 e. The molecule has 2 aliphatic heterocycles. The molecule has 3 amide bonds. The molecule has 44 heavy (non-hydrogen) atoms. The molecular formula is C30H35F3N8O3. The fourth-order valence-corrected chi connectivity index (χ4v) is 5.42. The van der Waals surface area contributed by atoms with Crippen molar-refractivity contribution in [2.24, 2.45) is 0 Å². The summed E-state index contributed by atoms with van der Waals surface area (Å²) in [4.78, 5) is 49.6. The van der Waals surface area contributed by atoms with E-state index in [4.69, 9.17) is 0 Å². The molecular weight excluding hydrogens is 577 g/mol. The number of nitrogens with zero attached hydrogens (tertiary/aromatic N) is 7. The predicted molar refractivity (Wildman–Crippen MR) is 158 cm³/mol. The molecule has 5 rings (SSSR count). The van der Waals surface area contributed by atoms with Crippen LogP contribution in [0.15, 0.2) is 48.7 Å². The standard InChI is InChI=1S/C30H35F3N8O3/c1-37(2)28(44)24-19-38(3)17-18-40(24)27(43)21-6-8-22(9-7-21)34-29-35-26-23(5-4-14-41(26)36-29)20-11-15-39(16-12-20)25(42)10-13-30(31,32)33/h4-9,11,14,24H,10,12-13,15-19H2,1-3H3,(H,34,36). The minimum absolute atomic E-state index is 0.115. The minimum atomic E-state index is -4.36. The van der Waals surface area contributed by atoms with Gasteiger partial charge in [0.15, 0.2) is 5.65 Å². The highest BCUT2D eigenvalue weighted by Gasteiger charge is 2.35. The number of hydrogen-bond acceptors (Lipinski definition) is 7. The number of aromatic nitrogens is 3. The summed E-state index contributed by atoms with van der Waals surface area (Å²) in [6.45, 7) is 2.16. The molecule has 0 saturated carbocycles. The van der Waals surface area contributed by atoms with Crippen molar-refractivity contribution in [3.05, 3.63) is 59.8 Å². The van der Waals surface area contributed by atoms with E-state index >= 15 is 0 Å². The van der Waals surface area contributed by atoms with Gasteiger partial charge in [0.05, 0.1) is 6.42 Å². The molecule has 1 saturated heterocycles. The Morgan fingerprint density at radius 1 is 1.07 bits per heavy atom. The molecule has 1 fully saturated rings. The lowest BCUT2D eigenvalue weighted by Gasteiger charge is -2.40. The van der Waals surface area contributed by atoms with E-state index in [0.717, 1.165) is 11.1 Å². The van der Waals surface area contributed by atoms with Gasteiger partial charge in [-0.15, -0.1) is 5.10 Å². The Labute approximate surface area is 252 Å². The van der Waals surface area contributed by atoms with Gasteiger partial charge in [0, 0.05) is 76.3 Å². The third kappa shape index (κ3) is 7.01. The van der Waals surface area contributed by atoms with E-state index in [-0.39, 0.29) is 18.4 Å². The SMILES string of the molecule is CN1CCN(C(=O)c2ccc(Nc3nc4c(C5=CCN(C(=O)CCC(F)(F)F)CC5)cccn4n3)cc2)C(C(=O)N(C)C)C1. The second-order valence-electron chi connectivity index (χ2n) is 11.3. The molecule has 1 unspecified atom stereocenters. The monoisotopic (exact) mass is 612 g/mol. The molecule has 1 aromatic carbocycles. The first-order chi connectivity index (χ1) is 20.9. The van der Waals surface area contributed by atoms with Gasteiger partial charge < -0.3 is 24.9 Å². The minimum Gasteiger partial charge on any atom is -0.347 e. The van der Waals surface area contributed by atoms with Crippen LogP contribution in [0.2, 0.25) is 0 Å². The van der Waals surface area contributed by atoms with Crippen molar-refractivity contribution in [2.45, 2.75) is 31.5 Å². The number of halogens is 3. The van der Waals surface area contributed by atoms with Gasteiger partial charge in [-0.2, -0.15) is 18.2 Å². The number of carbonyl (C=O) groups excluding carboxylic acids is 3. The Morgan fingerprint density at radius 3 is 2.48 bits per heavy atom. The number of carbonyl (C=O) groups is 3. The highest BCUT2D eigenvalue weighted by Crippen LogP contribution is 2.28. The number of nitrogens with one attached hydrogen (secondary N) is 1. The summed E-state index contributed by atoms with van der Waals surface area (Å²) in [5.74, 6) is -0.492. The number of anilines is 2. The molecule has 4 heterocycles. The van der Waals surface area contributed by atoms with Crippen LogP contribution in [0.1, 0.15) is 35.2 Å². The lowest BCUT2D eigenvalue weighted by atomic mass is 10.00. The van der Waals surface area contributed by atoms with Gasteiger partial charge in [-0.05, 0) is 55.4 Å². The van der Waals surface area contributed by atoms with Crippen molar-refractivity contribution in [1.29, 1.82) is 0 Å². The summed E-state index contributed by atoms with van der Waals surface area (Å²) in [5.41, 5.74) is 3.49. The van der Waals surface area contributed by atoms with Crippen LogP contribution in [0.4, 0.5) is 24.8 Å². The Kier molecular flexibility index (Phi) is 8.90. The molecule has 0 radical (unpaired) electrons. The molecule has 0 aliphatic carbocycles. The van der Waals surface area contributed by atoms with E-state index in [9.17, 15) is 27.6 Å². The van der Waals surface area contributed by atoms with Gasteiger partial charge >= 0.3 is 6.18 Å². The van der Waals surface area contributed by atoms with Crippen LogP contribution < -0.4 is 5.32 Å². The fourth-order valence-electron chi connectivity index (χ4n) is 5.42. The van der Waals surface area contributed by atoms with Crippen molar-refractivity contribution in [1.82, 2.24) is 34.2 Å². The molecule has 2 aliphatic rings. The van der Waals surface area contributed by atoms with Crippen LogP contribution >= 0.6 is 0 Å². The first-order valence-corrected chi connectivity index (χ1v) is 14.4. The number of amides is 3. The maximum atomic E-state index is 13.4. The summed E-state index contributed by atoms with van der Waals surface area (Å²) in [5, 5.41) is 7.68. The molecule has 1 atom stereocenters. The van der Waals surface area contributed by atoms with Crippen molar-refractivity contribution in [2.75, 3.05) is 59.2 Å². The third-order valence-corrected chi connectivity index (χ3v) is 7.85. The average Bonchev–Trinajstić information content (AvgIpc) is 3.41. The molecule has 11 nitrogen and oxygen atoms in total. The number of hydrogen-bond donors (Lipinski definition) is 1. The molecule has 1 N–H and O–H groups in total. The number of pyridine rings is 1. The quantitative estimate of drug-likeness (QED) is 0.437. The van der Waals surface area contributed by atoms with Gasteiger partial charge in [-0.25, -0.2) is 4.52 Å². The highest BCUT2D eigenvalue weighted by atomic mass is 19.4. The number of benzene rings is 1. The zero-order chi connectivity index (χ0) is 31.6. The third-order valence-electron chi connectivity index (χ3n) is 7.85. The van der Waals surface area contributed by atoms with Crippen molar-refractivity contribution in [3.63, 3.8) is 0 Å². The van der Waals surface area contributed by atoms with E-state index in [1.54, 1.807) is 54.0 Å². The average molecular weight is 613 g/mol. The second-order valence-corrected chi connectivity index (χ2v) is 11.3. The Morgan fingerprint density at radius 2 is 1.82 bits per heavy atom. The number of piperazine rings is 1. The van der Waals surface area contributed by atoms with Crippen LogP contribution in [-0.4, -0.2) is 118 Å². The first kappa shape index (κ1) is 31.0. The van der Waals surface area contributed by atoms with Crippen molar-refractivity contribution in [3.8, 4) is 0 Å². The van der Waals surface area contributed by atoms with E-state index in [0.29, 0.717) is 55.4 Å². The summed E-state index contributed by atoms with van der Waals surface area (Å²) in [7, 11) is 5.30. The van der Waals surface area contributed by atoms with Gasteiger partial charge in [-0.1, -0.05) is 6.08 Å². The summed E-state index contributed by atoms with van der Waals surface area (Å²) < 4.78 is 39.2. The fraction of sp³-hybridized carbons (Fsp3) is 0.433. The molecule has 3 aromatic rings. The molecule has 0 bridgehead atoms. The normalized spacial score (nSPS) is 17.9. The van der Waals surface area contributed by atoms with Crippen molar-refractivity contribution < 1.29 is 27.6 Å². The first-order valence-electron chi connectivity index (χ1n) is 14.4.